The van der Waals surface area contributed by atoms with Gasteiger partial charge in [-0.25, -0.2) is 0 Å². The first kappa shape index (κ1) is 81.0. The minimum Gasteiger partial charge on any atom is -0.508 e. The Kier molecular flexibility index (Phi) is 30.3. The van der Waals surface area contributed by atoms with E-state index in [1.54, 1.807) is 68.6 Å². The SMILES string of the molecule is CC(=O)N[C@@H](Cc1ccc2ccccc2c1)C(=O)N[C@@H](Cc1ccc(Cl)cc1)C(=O)N[C@H](Cc1c[nH]c2ccccc12)C(=O)N[C@@H](CO)C(=O)N[C@@H](Cc1ccc(O)cc1)C(=O)N[C@@H](CCCN=C(N)N)C(=O)N[C@@H](CC(C)C)C(=O)N[C@@H](CCCN=C(N)N)C(=O)N1CCC[C@H]1C(=O)N[C@@H](C)C(N)=O. The van der Waals surface area contributed by atoms with Crippen LogP contribution in [0.1, 0.15) is 94.9 Å². The number of carbonyl (C=O) groups is 11. The molecule has 1 fully saturated rings. The lowest BCUT2D eigenvalue weighted by atomic mass is 9.99. The van der Waals surface area contributed by atoms with Gasteiger partial charge in [0.05, 0.1) is 6.61 Å². The maximum Gasteiger partial charge on any atom is 0.245 e. The van der Waals surface area contributed by atoms with E-state index in [0.29, 0.717) is 44.6 Å². The second kappa shape index (κ2) is 39.3. The number of aromatic nitrogens is 1. The largest absolute Gasteiger partial charge is 0.508 e. The molecular weight excluding hydrogens is 1370 g/mol. The number of phenolic OH excluding ortho intramolecular Hbond substituents is 1. The summed E-state index contributed by atoms with van der Waals surface area (Å²) in [7, 11) is 0. The Morgan fingerprint density at radius 2 is 1.01 bits per heavy atom. The molecule has 0 aliphatic carbocycles. The van der Waals surface area contributed by atoms with Crippen LogP contribution in [0.2, 0.25) is 5.02 Å². The summed E-state index contributed by atoms with van der Waals surface area (Å²) in [6.07, 6.45) is 1.66. The molecule has 105 heavy (non-hydrogen) atoms. The first-order chi connectivity index (χ1) is 50.0. The summed E-state index contributed by atoms with van der Waals surface area (Å²) in [5.41, 5.74) is 30.7. The maximum atomic E-state index is 15.0. The Bertz CT molecular complexity index is 4110. The Morgan fingerprint density at radius 3 is 1.58 bits per heavy atom. The fourth-order valence-corrected chi connectivity index (χ4v) is 12.3. The van der Waals surface area contributed by atoms with E-state index >= 15 is 4.79 Å². The molecule has 5 aromatic carbocycles. The normalized spacial score (nSPS) is 15.2. The molecule has 31 nitrogen and oxygen atoms in total. The zero-order valence-electron chi connectivity index (χ0n) is 59.0. The third kappa shape index (κ3) is 25.0. The minimum atomic E-state index is -1.84. The Balaban J connectivity index is 1.15. The third-order valence-corrected chi connectivity index (χ3v) is 17.8. The molecule has 1 saturated heterocycles. The van der Waals surface area contributed by atoms with Gasteiger partial charge in [0.15, 0.2) is 11.9 Å². The van der Waals surface area contributed by atoms with Gasteiger partial charge in [0, 0.05) is 74.4 Å². The average molecular weight is 1470 g/mol. The quantitative estimate of drug-likeness (QED) is 0.0138. The molecule has 32 heteroatoms. The van der Waals surface area contributed by atoms with E-state index in [1.807, 2.05) is 42.5 Å². The number of halogens is 1. The number of amides is 11. The Hall–Kier alpha value is -11.3. The van der Waals surface area contributed by atoms with Crippen molar-refractivity contribution in [1.82, 2.24) is 57.7 Å². The highest BCUT2D eigenvalue weighted by molar-refractivity contribution is 6.30. The molecule has 0 radical (unpaired) electrons. The van der Waals surface area contributed by atoms with Crippen LogP contribution in [0, 0.1) is 5.92 Å². The summed E-state index contributed by atoms with van der Waals surface area (Å²) in [6.45, 7) is 5.29. The van der Waals surface area contributed by atoms with Gasteiger partial charge < -0.3 is 96.6 Å². The van der Waals surface area contributed by atoms with Crippen molar-refractivity contribution in [2.24, 2.45) is 44.6 Å². The smallest absolute Gasteiger partial charge is 0.245 e. The number of phenols is 1. The van der Waals surface area contributed by atoms with Crippen LogP contribution in [-0.2, 0) is 78.4 Å². The Labute approximate surface area is 612 Å². The number of nitrogens with one attached hydrogen (secondary N) is 10. The molecule has 10 atom stereocenters. The van der Waals surface area contributed by atoms with Crippen molar-refractivity contribution in [2.75, 3.05) is 26.2 Å². The van der Waals surface area contributed by atoms with Crippen molar-refractivity contribution in [3.05, 3.63) is 149 Å². The van der Waals surface area contributed by atoms with E-state index in [0.717, 1.165) is 10.8 Å². The number of nitrogens with zero attached hydrogens (tertiary/aromatic N) is 3. The molecule has 1 aliphatic rings. The zero-order chi connectivity index (χ0) is 76.4. The van der Waals surface area contributed by atoms with E-state index in [4.69, 9.17) is 40.3 Å². The van der Waals surface area contributed by atoms with Gasteiger partial charge in [-0.3, -0.25) is 62.7 Å². The topological polar surface area (TPSA) is 510 Å². The lowest BCUT2D eigenvalue weighted by Gasteiger charge is -2.31. The van der Waals surface area contributed by atoms with Crippen LogP contribution in [-0.4, -0.2) is 184 Å². The van der Waals surface area contributed by atoms with Gasteiger partial charge in [0.1, 0.15) is 66.2 Å². The van der Waals surface area contributed by atoms with E-state index < -0.39 is 132 Å². The van der Waals surface area contributed by atoms with E-state index in [9.17, 15) is 58.2 Å². The number of carbonyl (C=O) groups excluding carboxylic acids is 11. The summed E-state index contributed by atoms with van der Waals surface area (Å²) in [4.78, 5) is 169. The van der Waals surface area contributed by atoms with Crippen LogP contribution in [0.25, 0.3) is 21.7 Å². The van der Waals surface area contributed by atoms with Crippen molar-refractivity contribution < 1.29 is 63.0 Å². The molecule has 11 amide bonds. The number of H-pyrrole nitrogens is 1. The van der Waals surface area contributed by atoms with Gasteiger partial charge in [-0.15, -0.1) is 0 Å². The summed E-state index contributed by atoms with van der Waals surface area (Å²) in [5.74, 6) is -9.87. The molecule has 1 aromatic heterocycles. The number of guanidine groups is 2. The number of hydrogen-bond acceptors (Lipinski definition) is 15. The second-order valence-electron chi connectivity index (χ2n) is 26.4. The highest BCUT2D eigenvalue weighted by atomic mass is 35.5. The average Bonchev–Trinajstić information content (AvgIpc) is 1.81. The fourth-order valence-electron chi connectivity index (χ4n) is 12.1. The number of rotatable bonds is 38. The summed E-state index contributed by atoms with van der Waals surface area (Å²) in [6, 6.07) is 18.6. The zero-order valence-corrected chi connectivity index (χ0v) is 59.8. The number of benzene rings is 5. The number of nitrogens with two attached hydrogens (primary N) is 5. The number of para-hydroxylation sites is 1. The number of likely N-dealkylation sites (tertiary alicyclic amines) is 1. The van der Waals surface area contributed by atoms with Crippen LogP contribution in [0.15, 0.2) is 131 Å². The molecule has 6 aromatic rings. The highest BCUT2D eigenvalue weighted by Gasteiger charge is 2.40. The summed E-state index contributed by atoms with van der Waals surface area (Å²) in [5, 5.41) is 48.3. The second-order valence-corrected chi connectivity index (χ2v) is 26.8. The molecule has 562 valence electrons. The standard InChI is InChI=1S/C73H95ClN18O13/c1-40(2)32-55(64(98)86-54(17-10-30-81-73(78)79)71(105)92-31-11-18-61(92)70(104)83-41(3)62(75)96)87-63(97)53(16-9-29-80-72(76)77)85-66(100)57(35-44-22-27-50(95)28-23-44)89-69(103)60(39-93)91-68(102)59(37-48-38-82-52-15-8-7-14-51(48)52)90-67(101)58(34-43-20-25-49(74)26-21-43)88-65(99)56(84-42(4)94)36-45-19-24-46-12-5-6-13-47(46)33-45/h5-8,12-15,19-28,33,38,40-41,53-61,82,93,95H,9-11,16-18,29-32,34-37,39H2,1-4H3,(H2,75,96)(H,83,104)(H,84,94)(H,85,100)(H,86,98)(H,87,97)(H,88,99)(H,89,103)(H,90,101)(H,91,102)(H4,76,77,80)(H4,78,79,81)/t41-,53-,54-,55-,56-,57-,58-,59+,60-,61-/m0/s1. The van der Waals surface area contributed by atoms with Crippen LogP contribution in [0.3, 0.4) is 0 Å². The number of aliphatic hydroxyl groups is 1. The number of aromatic hydroxyl groups is 1. The van der Waals surface area contributed by atoms with E-state index in [2.05, 4.69) is 62.8 Å². The van der Waals surface area contributed by atoms with Crippen molar-refractivity contribution in [3.63, 3.8) is 0 Å². The number of hydrogen-bond donors (Lipinski definition) is 17. The molecule has 0 spiro atoms. The minimum absolute atomic E-state index is 0.00471. The van der Waals surface area contributed by atoms with E-state index in [-0.39, 0.29) is 107 Å². The van der Waals surface area contributed by atoms with Crippen LogP contribution < -0.4 is 76.5 Å². The van der Waals surface area contributed by atoms with Crippen molar-refractivity contribution in [1.29, 1.82) is 0 Å². The maximum absolute atomic E-state index is 15.0. The molecule has 0 saturated carbocycles. The number of aromatic amines is 1. The van der Waals surface area contributed by atoms with Crippen LogP contribution >= 0.6 is 11.6 Å². The van der Waals surface area contributed by atoms with Gasteiger partial charge in [0.25, 0.3) is 0 Å². The fraction of sp³-hybridized carbons (Fsp3) is 0.411. The van der Waals surface area contributed by atoms with Crippen LogP contribution in [0.5, 0.6) is 5.75 Å². The number of aliphatic imine (C=N–C) groups is 2. The van der Waals surface area contributed by atoms with Gasteiger partial charge in [0.2, 0.25) is 65.0 Å². The molecule has 0 unspecified atom stereocenters. The number of primary amides is 1. The molecule has 22 N–H and O–H groups in total. The van der Waals surface area contributed by atoms with E-state index in [1.165, 1.54) is 43.0 Å². The molecule has 1 aliphatic heterocycles. The van der Waals surface area contributed by atoms with Gasteiger partial charge >= 0.3 is 0 Å². The highest BCUT2D eigenvalue weighted by Crippen LogP contribution is 2.24. The van der Waals surface area contributed by atoms with Crippen molar-refractivity contribution in [3.8, 4) is 5.75 Å². The Morgan fingerprint density at radius 1 is 0.543 bits per heavy atom. The molecule has 0 bridgehead atoms. The van der Waals surface area contributed by atoms with Gasteiger partial charge in [-0.1, -0.05) is 110 Å². The monoisotopic (exact) mass is 1470 g/mol. The lowest BCUT2D eigenvalue weighted by Crippen LogP contribution is -2.61. The van der Waals surface area contributed by atoms with Crippen molar-refractivity contribution in [2.45, 2.75) is 159 Å². The molecule has 7 rings (SSSR count). The summed E-state index contributed by atoms with van der Waals surface area (Å²) < 4.78 is 0. The van der Waals surface area contributed by atoms with Crippen molar-refractivity contribution >= 4 is 110 Å². The third-order valence-electron chi connectivity index (χ3n) is 17.6. The van der Waals surface area contributed by atoms with Crippen LogP contribution in [0.4, 0.5) is 0 Å². The predicted octanol–water partition coefficient (Wildman–Crippen LogP) is -0.0244. The van der Waals surface area contributed by atoms with Gasteiger partial charge in [-0.2, -0.15) is 0 Å². The summed E-state index contributed by atoms with van der Waals surface area (Å²) >= 11 is 6.26. The first-order valence-electron chi connectivity index (χ1n) is 34.6. The first-order valence-corrected chi connectivity index (χ1v) is 35.0. The van der Waals surface area contributed by atoms with Gasteiger partial charge in [-0.05, 0) is 121 Å². The predicted molar refractivity (Wildman–Crippen MR) is 396 cm³/mol. The number of aliphatic hydroxyl groups excluding tert-OH is 1. The molecular formula is C73H95ClN18O13. The number of fused-ring (bicyclic) bond motifs is 2. The molecule has 2 heterocycles. The lowest BCUT2D eigenvalue weighted by molar-refractivity contribution is -0.142.